The van der Waals surface area contributed by atoms with E-state index in [0.717, 1.165) is 11.4 Å². The van der Waals surface area contributed by atoms with Gasteiger partial charge >= 0.3 is 0 Å². The van der Waals surface area contributed by atoms with Crippen LogP contribution in [-0.4, -0.2) is 21.5 Å². The third-order valence-electron chi connectivity index (χ3n) is 3.13. The summed E-state index contributed by atoms with van der Waals surface area (Å²) in [6, 6.07) is 7.09. The molecule has 2 aromatic rings. The smallest absolute Gasteiger partial charge is 0.251 e. The van der Waals surface area contributed by atoms with Crippen LogP contribution in [0.5, 0.6) is 0 Å². The number of Topliss-reactive ketones (excluding diaryl/α,β-unsaturated/α-hetero) is 2. The van der Waals surface area contributed by atoms with Crippen LogP contribution in [0, 0.1) is 0 Å². The number of carbonyl (C=O) groups is 2. The summed E-state index contributed by atoms with van der Waals surface area (Å²) in [6.45, 7) is 3.98. The summed E-state index contributed by atoms with van der Waals surface area (Å²) < 4.78 is 0. The zero-order valence-corrected chi connectivity index (χ0v) is 11.4. The molecule has 0 radical (unpaired) electrons. The van der Waals surface area contributed by atoms with Crippen LogP contribution in [0.25, 0.3) is 11.3 Å². The molecule has 1 N–H and O–H groups in total. The molecule has 0 aliphatic heterocycles. The Balaban J connectivity index is 0.00000133. The monoisotopic (exact) mass is 276 g/mol. The molecule has 0 bridgehead atoms. The Kier molecular flexibility index (Phi) is 3.28. The van der Waals surface area contributed by atoms with Crippen molar-refractivity contribution in [2.75, 3.05) is 0 Å². The number of carbonyl (C=O) groups excluding carboxylic acids is 2. The quantitative estimate of drug-likeness (QED) is 0.815. The molecule has 0 saturated heterocycles. The summed E-state index contributed by atoms with van der Waals surface area (Å²) >= 11 is 0. The summed E-state index contributed by atoms with van der Waals surface area (Å²) in [6.07, 6.45) is 0. The van der Waals surface area contributed by atoms with Crippen molar-refractivity contribution in [1.29, 1.82) is 0 Å². The Morgan fingerprint density at radius 2 is 1.68 bits per heavy atom. The lowest BCUT2D eigenvalue weighted by Gasteiger charge is -2.11. The Labute approximate surface area is 116 Å². The molecule has 1 aromatic heterocycles. The van der Waals surface area contributed by atoms with Crippen LogP contribution in [-0.2, 0) is 0 Å². The molecular weight excluding hydrogens is 264 g/mol. The molecule has 0 amide bonds. The number of nitrogens with zero attached hydrogens (tertiary/aromatic N) is 1. The number of H-pyrrole nitrogens is 1. The van der Waals surface area contributed by atoms with Gasteiger partial charge in [0.1, 0.15) is 17.2 Å². The van der Waals surface area contributed by atoms with E-state index >= 15 is 0 Å². The van der Waals surface area contributed by atoms with Gasteiger partial charge in [-0.05, 0) is 0 Å². The summed E-state index contributed by atoms with van der Waals surface area (Å²) in [4.78, 5) is 31.4. The molecule has 0 atom stereocenters. The molecule has 0 unspecified atom stereocenters. The van der Waals surface area contributed by atoms with Gasteiger partial charge in [-0.2, -0.15) is 0 Å². The predicted octanol–water partition coefficient (Wildman–Crippen LogP) is 3.00. The Morgan fingerprint density at radius 1 is 1.05 bits per heavy atom. The first kappa shape index (κ1) is 13.5. The van der Waals surface area contributed by atoms with Crippen LogP contribution < -0.4 is 0 Å². The number of hydrogen-bond acceptors (Lipinski definition) is 3. The number of benzene rings is 1. The van der Waals surface area contributed by atoms with Crippen molar-refractivity contribution < 1.29 is 9.59 Å². The number of hydrogen-bond donors (Lipinski definition) is 1. The van der Waals surface area contributed by atoms with Crippen molar-refractivity contribution in [3.05, 3.63) is 41.3 Å². The maximum absolute atomic E-state index is 12.0. The van der Waals surface area contributed by atoms with Gasteiger partial charge in [0.2, 0.25) is 5.78 Å². The second-order valence-corrected chi connectivity index (χ2v) is 4.70. The van der Waals surface area contributed by atoms with Crippen molar-refractivity contribution in [2.24, 2.45) is 0 Å². The Morgan fingerprint density at radius 3 is 2.32 bits per heavy atom. The third-order valence-corrected chi connectivity index (χ3v) is 3.13. The van der Waals surface area contributed by atoms with E-state index < -0.39 is 11.6 Å². The van der Waals surface area contributed by atoms with Crippen molar-refractivity contribution in [3.8, 4) is 11.3 Å². The van der Waals surface area contributed by atoms with E-state index in [1.807, 2.05) is 26.0 Å². The van der Waals surface area contributed by atoms with E-state index in [4.69, 9.17) is 0 Å². The number of aromatic nitrogens is 2. The highest BCUT2D eigenvalue weighted by molar-refractivity contribution is 6.52. The second-order valence-electron chi connectivity index (χ2n) is 4.70. The van der Waals surface area contributed by atoms with Crippen LogP contribution in [0.3, 0.4) is 0 Å². The minimum Gasteiger partial charge on any atom is -0.338 e. The molecule has 0 spiro atoms. The van der Waals surface area contributed by atoms with Gasteiger partial charge in [-0.15, -0.1) is 12.4 Å². The van der Waals surface area contributed by atoms with Crippen LogP contribution >= 0.6 is 12.4 Å². The van der Waals surface area contributed by atoms with E-state index in [-0.39, 0.29) is 18.3 Å². The lowest BCUT2D eigenvalue weighted by molar-refractivity contribution is 0.0812. The normalized spacial score (nSPS) is 13.0. The highest BCUT2D eigenvalue weighted by Gasteiger charge is 2.33. The SMILES string of the molecule is CC(C)c1nc2c([nH]1)C(=O)C(=O)c1ccccc1-2.Cl. The Hall–Kier alpha value is -1.94. The highest BCUT2D eigenvalue weighted by atomic mass is 35.5. The maximum atomic E-state index is 12.0. The van der Waals surface area contributed by atoms with Crippen LogP contribution in [0.2, 0.25) is 0 Å². The summed E-state index contributed by atoms with van der Waals surface area (Å²) in [7, 11) is 0. The number of ketones is 2. The molecule has 3 rings (SSSR count). The lowest BCUT2D eigenvalue weighted by Crippen LogP contribution is -2.21. The van der Waals surface area contributed by atoms with Gasteiger partial charge in [-0.1, -0.05) is 38.1 Å². The average molecular weight is 277 g/mol. The molecule has 5 heteroatoms. The first-order valence-electron chi connectivity index (χ1n) is 5.88. The Bertz CT molecular complexity index is 674. The molecule has 1 aliphatic carbocycles. The topological polar surface area (TPSA) is 62.8 Å². The number of halogens is 1. The van der Waals surface area contributed by atoms with Crippen LogP contribution in [0.4, 0.5) is 0 Å². The van der Waals surface area contributed by atoms with Crippen molar-refractivity contribution in [1.82, 2.24) is 9.97 Å². The summed E-state index contributed by atoms with van der Waals surface area (Å²) in [5.41, 5.74) is 2.10. The predicted molar refractivity (Wildman–Crippen MR) is 74.0 cm³/mol. The molecule has 19 heavy (non-hydrogen) atoms. The standard InChI is InChI=1S/C14H12N2O2.ClH/c1-7(2)14-15-10-8-5-3-4-6-9(8)12(17)13(18)11(10)16-14;/h3-7H,1-2H3,(H,15,16);1H. The van der Waals surface area contributed by atoms with Gasteiger partial charge in [0.15, 0.2) is 0 Å². The van der Waals surface area contributed by atoms with Gasteiger partial charge in [0.25, 0.3) is 5.78 Å². The number of nitrogens with one attached hydrogen (secondary N) is 1. The maximum Gasteiger partial charge on any atom is 0.251 e. The molecular formula is C14H13ClN2O2. The van der Waals surface area contributed by atoms with Crippen molar-refractivity contribution >= 4 is 24.0 Å². The first-order chi connectivity index (χ1) is 8.59. The van der Waals surface area contributed by atoms with Crippen LogP contribution in [0.15, 0.2) is 24.3 Å². The fourth-order valence-corrected chi connectivity index (χ4v) is 2.15. The molecule has 4 nitrogen and oxygen atoms in total. The van der Waals surface area contributed by atoms with Gasteiger partial charge < -0.3 is 4.98 Å². The van der Waals surface area contributed by atoms with E-state index in [9.17, 15) is 9.59 Å². The minimum atomic E-state index is -0.497. The van der Waals surface area contributed by atoms with Gasteiger partial charge in [0.05, 0.1) is 0 Å². The van der Waals surface area contributed by atoms with Gasteiger partial charge in [0, 0.05) is 17.0 Å². The molecule has 1 aliphatic rings. The minimum absolute atomic E-state index is 0. The second kappa shape index (κ2) is 4.63. The van der Waals surface area contributed by atoms with E-state index in [1.165, 1.54) is 0 Å². The lowest BCUT2D eigenvalue weighted by atomic mass is 9.90. The number of fused-ring (bicyclic) bond motifs is 3. The van der Waals surface area contributed by atoms with Crippen molar-refractivity contribution in [3.63, 3.8) is 0 Å². The molecule has 1 aromatic carbocycles. The number of aromatic amines is 1. The zero-order chi connectivity index (χ0) is 12.9. The number of imidazole rings is 1. The van der Waals surface area contributed by atoms with E-state index in [0.29, 0.717) is 17.0 Å². The van der Waals surface area contributed by atoms with E-state index in [2.05, 4.69) is 9.97 Å². The molecule has 0 saturated carbocycles. The van der Waals surface area contributed by atoms with Gasteiger partial charge in [-0.3, -0.25) is 9.59 Å². The van der Waals surface area contributed by atoms with E-state index in [1.54, 1.807) is 12.1 Å². The molecule has 1 heterocycles. The highest BCUT2D eigenvalue weighted by Crippen LogP contribution is 2.32. The average Bonchev–Trinajstić information content (AvgIpc) is 2.81. The molecule has 0 fully saturated rings. The fourth-order valence-electron chi connectivity index (χ4n) is 2.15. The third kappa shape index (κ3) is 1.88. The largest absolute Gasteiger partial charge is 0.338 e. The zero-order valence-electron chi connectivity index (χ0n) is 10.6. The first-order valence-corrected chi connectivity index (χ1v) is 5.88. The fraction of sp³-hybridized carbons (Fsp3) is 0.214. The molecule has 98 valence electrons. The number of rotatable bonds is 1. The van der Waals surface area contributed by atoms with Gasteiger partial charge in [-0.25, -0.2) is 4.98 Å². The summed E-state index contributed by atoms with van der Waals surface area (Å²) in [5.74, 6) is -0.0383. The summed E-state index contributed by atoms with van der Waals surface area (Å²) in [5, 5.41) is 0. The van der Waals surface area contributed by atoms with Crippen molar-refractivity contribution in [2.45, 2.75) is 19.8 Å². The van der Waals surface area contributed by atoms with Crippen LogP contribution in [0.1, 0.15) is 46.4 Å².